The van der Waals surface area contributed by atoms with Gasteiger partial charge in [0.1, 0.15) is 5.54 Å². The molecule has 0 aromatic carbocycles. The van der Waals surface area contributed by atoms with Crippen molar-refractivity contribution in [3.8, 4) is 0 Å². The number of nitrogens with one attached hydrogen (secondary N) is 2. The first kappa shape index (κ1) is 14.8. The Labute approximate surface area is 119 Å². The average molecular weight is 281 g/mol. The van der Waals surface area contributed by atoms with Crippen LogP contribution in [0.2, 0.25) is 0 Å². The van der Waals surface area contributed by atoms with Crippen LogP contribution in [0.15, 0.2) is 0 Å². The minimum Gasteiger partial charge on any atom is -0.356 e. The van der Waals surface area contributed by atoms with Gasteiger partial charge in [0.25, 0.3) is 5.91 Å². The van der Waals surface area contributed by atoms with Gasteiger partial charge in [-0.2, -0.15) is 0 Å². The van der Waals surface area contributed by atoms with Gasteiger partial charge in [-0.05, 0) is 38.5 Å². The van der Waals surface area contributed by atoms with Crippen LogP contribution < -0.4 is 10.6 Å². The monoisotopic (exact) mass is 281 g/mol. The van der Waals surface area contributed by atoms with Crippen molar-refractivity contribution < 1.29 is 14.4 Å². The fraction of sp³-hybridized carbons (Fsp3) is 0.786. The van der Waals surface area contributed by atoms with Gasteiger partial charge >= 0.3 is 6.03 Å². The Kier molecular flexibility index (Phi) is 4.30. The van der Waals surface area contributed by atoms with E-state index in [0.29, 0.717) is 38.3 Å². The highest BCUT2D eigenvalue weighted by Gasteiger charge is 2.45. The number of nitrogens with zero attached hydrogens (tertiary/aromatic N) is 1. The van der Waals surface area contributed by atoms with Crippen LogP contribution in [0.3, 0.4) is 0 Å². The normalized spacial score (nSPS) is 25.8. The van der Waals surface area contributed by atoms with E-state index in [1.165, 1.54) is 4.90 Å². The zero-order valence-corrected chi connectivity index (χ0v) is 12.2. The molecule has 1 saturated carbocycles. The van der Waals surface area contributed by atoms with Crippen molar-refractivity contribution in [1.82, 2.24) is 15.5 Å². The molecule has 1 aliphatic carbocycles. The lowest BCUT2D eigenvalue weighted by atomic mass is 9.99. The van der Waals surface area contributed by atoms with Crippen molar-refractivity contribution in [2.24, 2.45) is 5.92 Å². The molecule has 2 fully saturated rings. The highest BCUT2D eigenvalue weighted by atomic mass is 16.2. The van der Waals surface area contributed by atoms with E-state index < -0.39 is 5.54 Å². The van der Waals surface area contributed by atoms with Crippen molar-refractivity contribution in [3.05, 3.63) is 0 Å². The Morgan fingerprint density at radius 2 is 2.15 bits per heavy atom. The maximum atomic E-state index is 12.1. The summed E-state index contributed by atoms with van der Waals surface area (Å²) in [6.45, 7) is 4.47. The molecule has 1 unspecified atom stereocenters. The van der Waals surface area contributed by atoms with Gasteiger partial charge in [0.2, 0.25) is 5.91 Å². The molecule has 0 spiro atoms. The highest BCUT2D eigenvalue weighted by molar-refractivity contribution is 6.06. The summed E-state index contributed by atoms with van der Waals surface area (Å²) in [5.74, 6) is 0.476. The first-order chi connectivity index (χ1) is 9.46. The Morgan fingerprint density at radius 3 is 2.70 bits per heavy atom. The molecule has 112 valence electrons. The van der Waals surface area contributed by atoms with Crippen molar-refractivity contribution in [2.75, 3.05) is 13.1 Å². The molecule has 2 rings (SSSR count). The van der Waals surface area contributed by atoms with E-state index in [9.17, 15) is 14.4 Å². The van der Waals surface area contributed by atoms with Gasteiger partial charge in [-0.1, -0.05) is 6.92 Å². The first-order valence-corrected chi connectivity index (χ1v) is 7.37. The second-order valence-corrected chi connectivity index (χ2v) is 5.92. The lowest BCUT2D eigenvalue weighted by Gasteiger charge is -2.19. The summed E-state index contributed by atoms with van der Waals surface area (Å²) in [6.07, 6.45) is 4.09. The molecule has 2 N–H and O–H groups in total. The van der Waals surface area contributed by atoms with E-state index in [1.54, 1.807) is 6.92 Å². The van der Waals surface area contributed by atoms with Crippen molar-refractivity contribution in [3.63, 3.8) is 0 Å². The molecule has 1 heterocycles. The molecule has 6 heteroatoms. The third kappa shape index (κ3) is 3.29. The summed E-state index contributed by atoms with van der Waals surface area (Å²) in [5, 5.41) is 5.55. The number of hydrogen-bond donors (Lipinski definition) is 2. The topological polar surface area (TPSA) is 78.5 Å². The number of carbonyl (C=O) groups excluding carboxylic acids is 3. The van der Waals surface area contributed by atoms with Crippen molar-refractivity contribution >= 4 is 17.8 Å². The second-order valence-electron chi connectivity index (χ2n) is 5.92. The largest absolute Gasteiger partial charge is 0.356 e. The molecule has 2 aliphatic rings. The maximum Gasteiger partial charge on any atom is 0.325 e. The molecule has 1 aliphatic heterocycles. The van der Waals surface area contributed by atoms with Crippen LogP contribution in [-0.4, -0.2) is 41.4 Å². The van der Waals surface area contributed by atoms with Gasteiger partial charge < -0.3 is 10.6 Å². The van der Waals surface area contributed by atoms with E-state index >= 15 is 0 Å². The van der Waals surface area contributed by atoms with Crippen LogP contribution in [-0.2, 0) is 9.59 Å². The van der Waals surface area contributed by atoms with Gasteiger partial charge in [0, 0.05) is 19.5 Å². The fourth-order valence-electron chi connectivity index (χ4n) is 2.31. The summed E-state index contributed by atoms with van der Waals surface area (Å²) >= 11 is 0. The zero-order chi connectivity index (χ0) is 14.8. The summed E-state index contributed by atoms with van der Waals surface area (Å²) in [5.41, 5.74) is -0.772. The molecule has 0 aromatic heterocycles. The van der Waals surface area contributed by atoms with Gasteiger partial charge in [0.05, 0.1) is 0 Å². The van der Waals surface area contributed by atoms with Crippen LogP contribution in [0.4, 0.5) is 4.79 Å². The Balaban J connectivity index is 1.69. The molecule has 6 nitrogen and oxygen atoms in total. The predicted molar refractivity (Wildman–Crippen MR) is 73.9 cm³/mol. The molecule has 20 heavy (non-hydrogen) atoms. The predicted octanol–water partition coefficient (Wildman–Crippen LogP) is 1.01. The molecular weight excluding hydrogens is 258 g/mol. The summed E-state index contributed by atoms with van der Waals surface area (Å²) in [4.78, 5) is 36.6. The van der Waals surface area contributed by atoms with Crippen LogP contribution in [0.25, 0.3) is 0 Å². The number of rotatable bonds is 7. The molecular formula is C14H23N3O3. The molecule has 0 radical (unpaired) electrons. The molecule has 0 aromatic rings. The lowest BCUT2D eigenvalue weighted by Crippen LogP contribution is -2.43. The smallest absolute Gasteiger partial charge is 0.325 e. The van der Waals surface area contributed by atoms with Crippen LogP contribution >= 0.6 is 0 Å². The van der Waals surface area contributed by atoms with Gasteiger partial charge in [0.15, 0.2) is 0 Å². The number of carbonyl (C=O) groups is 3. The molecule has 4 amide bonds. The van der Waals surface area contributed by atoms with Crippen LogP contribution in [0.1, 0.15) is 46.0 Å². The summed E-state index contributed by atoms with van der Waals surface area (Å²) in [7, 11) is 0. The van der Waals surface area contributed by atoms with Gasteiger partial charge in [-0.3, -0.25) is 14.5 Å². The van der Waals surface area contributed by atoms with E-state index in [2.05, 4.69) is 10.6 Å². The number of urea groups is 1. The van der Waals surface area contributed by atoms with Crippen molar-refractivity contribution in [1.29, 1.82) is 0 Å². The van der Waals surface area contributed by atoms with E-state index in [0.717, 1.165) is 12.8 Å². The SMILES string of the molecule is CCC1(C)NC(=O)N(CCCNC(=O)CC2CC2)C1=O. The molecule has 1 saturated heterocycles. The van der Waals surface area contributed by atoms with E-state index in [1.807, 2.05) is 6.92 Å². The zero-order valence-electron chi connectivity index (χ0n) is 12.2. The molecule has 0 bridgehead atoms. The highest BCUT2D eigenvalue weighted by Crippen LogP contribution is 2.32. The number of hydrogen-bond acceptors (Lipinski definition) is 3. The van der Waals surface area contributed by atoms with E-state index in [4.69, 9.17) is 0 Å². The maximum absolute atomic E-state index is 12.1. The Morgan fingerprint density at radius 1 is 1.45 bits per heavy atom. The summed E-state index contributed by atoms with van der Waals surface area (Å²) < 4.78 is 0. The molecule has 1 atom stereocenters. The number of imide groups is 1. The van der Waals surface area contributed by atoms with Crippen LogP contribution in [0, 0.1) is 5.92 Å². The van der Waals surface area contributed by atoms with Crippen LogP contribution in [0.5, 0.6) is 0 Å². The first-order valence-electron chi connectivity index (χ1n) is 7.37. The Hall–Kier alpha value is -1.59. The quantitative estimate of drug-likeness (QED) is 0.540. The third-order valence-electron chi connectivity index (χ3n) is 4.10. The average Bonchev–Trinajstić information content (AvgIpc) is 3.17. The fourth-order valence-corrected chi connectivity index (χ4v) is 2.31. The number of amides is 4. The van der Waals surface area contributed by atoms with E-state index in [-0.39, 0.29) is 17.8 Å². The second kappa shape index (κ2) is 5.81. The minimum absolute atomic E-state index is 0.0723. The standard InChI is InChI=1S/C14H23N3O3/c1-3-14(2)12(19)17(13(20)16-14)8-4-7-15-11(18)9-10-5-6-10/h10H,3-9H2,1-2H3,(H,15,18)(H,16,20). The minimum atomic E-state index is -0.772. The van der Waals surface area contributed by atoms with Crippen molar-refractivity contribution in [2.45, 2.75) is 51.5 Å². The third-order valence-corrected chi connectivity index (χ3v) is 4.10. The lowest BCUT2D eigenvalue weighted by molar-refractivity contribution is -0.130. The summed E-state index contributed by atoms with van der Waals surface area (Å²) in [6, 6.07) is -0.330. The van der Waals surface area contributed by atoms with Gasteiger partial charge in [-0.25, -0.2) is 4.79 Å². The van der Waals surface area contributed by atoms with Gasteiger partial charge in [-0.15, -0.1) is 0 Å². The Bertz CT molecular complexity index is 420.